The molecule has 0 aliphatic rings. The van der Waals surface area contributed by atoms with Crippen LogP contribution in [0.15, 0.2) is 21.5 Å². The summed E-state index contributed by atoms with van der Waals surface area (Å²) in [6.07, 6.45) is 0. The zero-order chi connectivity index (χ0) is 16.2. The van der Waals surface area contributed by atoms with Gasteiger partial charge in [0.05, 0.1) is 16.6 Å². The second kappa shape index (κ2) is 7.53. The number of likely N-dealkylation sites (N-methyl/N-ethyl adjacent to an activating group) is 1. The van der Waals surface area contributed by atoms with Gasteiger partial charge in [0.1, 0.15) is 10.7 Å². The molecule has 1 amide bonds. The molecule has 1 rings (SSSR count). The highest BCUT2D eigenvalue weighted by Gasteiger charge is 2.24. The SMILES string of the molecule is CCN(CCOC)C(=O)c1cc(F)cc(S(=O)(=O)Cl)c1Br. The Labute approximate surface area is 135 Å². The zero-order valence-corrected chi connectivity index (χ0v) is 14.6. The lowest BCUT2D eigenvalue weighted by molar-refractivity contribution is 0.0704. The summed E-state index contributed by atoms with van der Waals surface area (Å²) in [5, 5.41) is 0. The van der Waals surface area contributed by atoms with E-state index in [0.29, 0.717) is 19.7 Å². The third kappa shape index (κ3) is 4.64. The van der Waals surface area contributed by atoms with Crippen molar-refractivity contribution in [3.05, 3.63) is 28.0 Å². The van der Waals surface area contributed by atoms with Crippen LogP contribution >= 0.6 is 26.6 Å². The summed E-state index contributed by atoms with van der Waals surface area (Å²) in [7, 11) is 2.56. The van der Waals surface area contributed by atoms with Crippen LogP contribution < -0.4 is 0 Å². The van der Waals surface area contributed by atoms with Crippen molar-refractivity contribution in [3.8, 4) is 0 Å². The monoisotopic (exact) mass is 401 g/mol. The first-order chi connectivity index (χ1) is 9.72. The molecule has 0 aromatic heterocycles. The molecular formula is C12H14BrClFNO4S. The van der Waals surface area contributed by atoms with E-state index in [1.54, 1.807) is 6.92 Å². The van der Waals surface area contributed by atoms with Crippen molar-refractivity contribution < 1.29 is 22.3 Å². The molecule has 118 valence electrons. The number of amides is 1. The summed E-state index contributed by atoms with van der Waals surface area (Å²) in [6, 6.07) is 1.72. The molecule has 0 atom stereocenters. The maximum atomic E-state index is 13.6. The van der Waals surface area contributed by atoms with E-state index >= 15 is 0 Å². The Morgan fingerprint density at radius 3 is 2.57 bits per heavy atom. The van der Waals surface area contributed by atoms with E-state index in [2.05, 4.69) is 15.9 Å². The topological polar surface area (TPSA) is 63.7 Å². The third-order valence-corrected chi connectivity index (χ3v) is 5.19. The highest BCUT2D eigenvalue weighted by atomic mass is 79.9. The number of rotatable bonds is 6. The Hall–Kier alpha value is -0.700. The van der Waals surface area contributed by atoms with Gasteiger partial charge < -0.3 is 9.64 Å². The molecule has 0 spiro atoms. The molecule has 5 nitrogen and oxygen atoms in total. The normalized spacial score (nSPS) is 11.5. The summed E-state index contributed by atoms with van der Waals surface area (Å²) in [5.74, 6) is -1.37. The van der Waals surface area contributed by atoms with Crippen molar-refractivity contribution in [2.45, 2.75) is 11.8 Å². The van der Waals surface area contributed by atoms with Crippen molar-refractivity contribution >= 4 is 41.6 Å². The number of benzene rings is 1. The maximum absolute atomic E-state index is 13.6. The van der Waals surface area contributed by atoms with Crippen molar-refractivity contribution in [2.75, 3.05) is 26.8 Å². The van der Waals surface area contributed by atoms with Crippen LogP contribution in [0.2, 0.25) is 0 Å². The Morgan fingerprint density at radius 2 is 2.10 bits per heavy atom. The summed E-state index contributed by atoms with van der Waals surface area (Å²) < 4.78 is 41.3. The first kappa shape index (κ1) is 18.3. The molecule has 0 bridgehead atoms. The first-order valence-electron chi connectivity index (χ1n) is 5.94. The minimum atomic E-state index is -4.17. The van der Waals surface area contributed by atoms with Gasteiger partial charge in [0.25, 0.3) is 15.0 Å². The molecule has 0 aliphatic heterocycles. The number of ether oxygens (including phenoxy) is 1. The largest absolute Gasteiger partial charge is 0.383 e. The predicted octanol–water partition coefficient (Wildman–Crippen LogP) is 2.62. The fourth-order valence-corrected chi connectivity index (χ4v) is 3.93. The van der Waals surface area contributed by atoms with Gasteiger partial charge in [0, 0.05) is 30.9 Å². The summed E-state index contributed by atoms with van der Waals surface area (Å²) in [4.78, 5) is 13.3. The van der Waals surface area contributed by atoms with Crippen LogP contribution in [-0.4, -0.2) is 46.0 Å². The summed E-state index contributed by atoms with van der Waals surface area (Å²) in [5.41, 5.74) is -0.104. The van der Waals surface area contributed by atoms with Crippen molar-refractivity contribution in [1.82, 2.24) is 4.90 Å². The lowest BCUT2D eigenvalue weighted by atomic mass is 10.2. The van der Waals surface area contributed by atoms with Gasteiger partial charge in [-0.05, 0) is 35.0 Å². The van der Waals surface area contributed by atoms with E-state index in [0.717, 1.165) is 12.1 Å². The van der Waals surface area contributed by atoms with Crippen molar-refractivity contribution in [3.63, 3.8) is 0 Å². The molecule has 0 saturated heterocycles. The van der Waals surface area contributed by atoms with Gasteiger partial charge in [-0.2, -0.15) is 0 Å². The van der Waals surface area contributed by atoms with E-state index in [1.165, 1.54) is 12.0 Å². The number of hydrogen-bond donors (Lipinski definition) is 0. The van der Waals surface area contributed by atoms with Gasteiger partial charge in [-0.25, -0.2) is 12.8 Å². The van der Waals surface area contributed by atoms with Gasteiger partial charge in [-0.15, -0.1) is 0 Å². The second-order valence-electron chi connectivity index (χ2n) is 4.08. The van der Waals surface area contributed by atoms with E-state index in [4.69, 9.17) is 15.4 Å². The van der Waals surface area contributed by atoms with Crippen molar-refractivity contribution in [1.29, 1.82) is 0 Å². The second-order valence-corrected chi connectivity index (χ2v) is 7.41. The lowest BCUT2D eigenvalue weighted by Gasteiger charge is -2.21. The summed E-state index contributed by atoms with van der Waals surface area (Å²) in [6.45, 7) is 2.74. The van der Waals surface area contributed by atoms with E-state index in [-0.39, 0.29) is 10.0 Å². The lowest BCUT2D eigenvalue weighted by Crippen LogP contribution is -2.34. The molecule has 0 radical (unpaired) electrons. The molecule has 0 fully saturated rings. The fraction of sp³-hybridized carbons (Fsp3) is 0.417. The fourth-order valence-electron chi connectivity index (χ4n) is 1.67. The molecule has 9 heteroatoms. The van der Waals surface area contributed by atoms with Gasteiger partial charge in [-0.3, -0.25) is 4.79 Å². The van der Waals surface area contributed by atoms with Crippen LogP contribution in [0, 0.1) is 5.82 Å². The van der Waals surface area contributed by atoms with Crippen LogP contribution in [0.25, 0.3) is 0 Å². The standard InChI is InChI=1S/C12H14BrClFNO4S/c1-3-16(4-5-20-2)12(17)9-6-8(15)7-10(11(9)13)21(14,18)19/h6-7H,3-5H2,1-2H3. The van der Waals surface area contributed by atoms with Crippen LogP contribution in [0.4, 0.5) is 4.39 Å². The van der Waals surface area contributed by atoms with Crippen molar-refractivity contribution in [2.24, 2.45) is 0 Å². The zero-order valence-electron chi connectivity index (χ0n) is 11.4. The number of methoxy groups -OCH3 is 1. The highest BCUT2D eigenvalue weighted by Crippen LogP contribution is 2.30. The average Bonchev–Trinajstić information content (AvgIpc) is 2.40. The highest BCUT2D eigenvalue weighted by molar-refractivity contribution is 9.10. The van der Waals surface area contributed by atoms with Gasteiger partial charge in [-0.1, -0.05) is 0 Å². The number of carbonyl (C=O) groups excluding carboxylic acids is 1. The van der Waals surface area contributed by atoms with Gasteiger partial charge >= 0.3 is 0 Å². The molecule has 0 saturated carbocycles. The predicted molar refractivity (Wildman–Crippen MR) is 80.6 cm³/mol. The number of halogens is 3. The molecule has 0 N–H and O–H groups in total. The van der Waals surface area contributed by atoms with E-state index in [9.17, 15) is 17.6 Å². The molecule has 1 aromatic rings. The van der Waals surface area contributed by atoms with Gasteiger partial charge in [0.2, 0.25) is 0 Å². The third-order valence-electron chi connectivity index (χ3n) is 2.73. The van der Waals surface area contributed by atoms with Crippen LogP contribution in [0.5, 0.6) is 0 Å². The quantitative estimate of drug-likeness (QED) is 0.686. The maximum Gasteiger partial charge on any atom is 0.262 e. The van der Waals surface area contributed by atoms with Crippen LogP contribution in [0.1, 0.15) is 17.3 Å². The minimum absolute atomic E-state index is 0.0558. The van der Waals surface area contributed by atoms with E-state index < -0.39 is 25.7 Å². The molecule has 1 aromatic carbocycles. The molecule has 0 heterocycles. The first-order valence-corrected chi connectivity index (χ1v) is 9.04. The number of carbonyl (C=O) groups is 1. The molecule has 0 unspecified atom stereocenters. The van der Waals surface area contributed by atoms with Crippen LogP contribution in [0.3, 0.4) is 0 Å². The summed E-state index contributed by atoms with van der Waals surface area (Å²) >= 11 is 3.01. The van der Waals surface area contributed by atoms with Crippen LogP contribution in [-0.2, 0) is 13.8 Å². The number of hydrogen-bond acceptors (Lipinski definition) is 4. The molecule has 21 heavy (non-hydrogen) atoms. The Bertz CT molecular complexity index is 638. The molecule has 0 aliphatic carbocycles. The smallest absolute Gasteiger partial charge is 0.262 e. The number of nitrogens with zero attached hydrogens (tertiary/aromatic N) is 1. The Balaban J connectivity index is 3.30. The van der Waals surface area contributed by atoms with Gasteiger partial charge in [0.15, 0.2) is 0 Å². The minimum Gasteiger partial charge on any atom is -0.383 e. The Morgan fingerprint density at radius 1 is 1.48 bits per heavy atom. The molecular weight excluding hydrogens is 389 g/mol. The average molecular weight is 403 g/mol. The van der Waals surface area contributed by atoms with E-state index in [1.807, 2.05) is 0 Å². The Kier molecular flexibility index (Phi) is 6.58.